The molecule has 0 saturated heterocycles. The highest BCUT2D eigenvalue weighted by molar-refractivity contribution is 7.09. The molecule has 3 rings (SSSR count). The minimum atomic E-state index is 0. The van der Waals surface area contributed by atoms with Crippen molar-refractivity contribution in [2.75, 3.05) is 6.61 Å². The first kappa shape index (κ1) is 18.7. The van der Waals surface area contributed by atoms with E-state index < -0.39 is 0 Å². The van der Waals surface area contributed by atoms with Gasteiger partial charge in [0.2, 0.25) is 5.88 Å². The molecule has 0 amide bonds. The van der Waals surface area contributed by atoms with Crippen LogP contribution in [0.2, 0.25) is 0 Å². The Morgan fingerprint density at radius 1 is 1.25 bits per heavy atom. The summed E-state index contributed by atoms with van der Waals surface area (Å²) in [5.74, 6) is 1.19. The van der Waals surface area contributed by atoms with Crippen LogP contribution in [0.1, 0.15) is 35.8 Å². The van der Waals surface area contributed by atoms with E-state index in [2.05, 4.69) is 53.7 Å². The van der Waals surface area contributed by atoms with Crippen LogP contribution in [0.15, 0.2) is 17.6 Å². The van der Waals surface area contributed by atoms with Gasteiger partial charge in [0.05, 0.1) is 23.9 Å². The molecule has 6 heteroatoms. The fourth-order valence-electron chi connectivity index (χ4n) is 2.75. The molecule has 0 aliphatic heterocycles. The molecule has 0 aliphatic carbocycles. The van der Waals surface area contributed by atoms with Crippen molar-refractivity contribution in [3.63, 3.8) is 0 Å². The number of hydrogen-bond donors (Lipinski definition) is 0. The minimum absolute atomic E-state index is 0. The fraction of sp³-hybridized carbons (Fsp3) is 0.444. The van der Waals surface area contributed by atoms with Crippen molar-refractivity contribution in [1.29, 1.82) is 0 Å². The van der Waals surface area contributed by atoms with Crippen molar-refractivity contribution in [3.05, 3.63) is 39.6 Å². The molecule has 0 fully saturated rings. The summed E-state index contributed by atoms with van der Waals surface area (Å²) in [5.41, 5.74) is 4.69. The average molecular weight is 366 g/mol. The highest BCUT2D eigenvalue weighted by Gasteiger charge is 2.17. The van der Waals surface area contributed by atoms with Crippen molar-refractivity contribution in [2.24, 2.45) is 5.92 Å². The van der Waals surface area contributed by atoms with Crippen molar-refractivity contribution >= 4 is 34.6 Å². The smallest absolute Gasteiger partial charge is 0.238 e. The monoisotopic (exact) mass is 365 g/mol. The molecule has 24 heavy (non-hydrogen) atoms. The highest BCUT2D eigenvalue weighted by atomic mass is 35.5. The highest BCUT2D eigenvalue weighted by Crippen LogP contribution is 2.31. The third-order valence-electron chi connectivity index (χ3n) is 4.05. The molecule has 0 N–H and O–H groups in total. The summed E-state index contributed by atoms with van der Waals surface area (Å²) in [7, 11) is 0. The van der Waals surface area contributed by atoms with E-state index in [1.165, 1.54) is 16.6 Å². The van der Waals surface area contributed by atoms with E-state index >= 15 is 0 Å². The fourth-order valence-corrected chi connectivity index (χ4v) is 3.36. The van der Waals surface area contributed by atoms with Gasteiger partial charge in [-0.2, -0.15) is 0 Å². The summed E-state index contributed by atoms with van der Waals surface area (Å²) in [5, 5.41) is 4.43. The van der Waals surface area contributed by atoms with Crippen LogP contribution in [-0.4, -0.2) is 21.1 Å². The molecule has 0 saturated carbocycles. The van der Waals surface area contributed by atoms with Crippen molar-refractivity contribution in [2.45, 2.75) is 41.2 Å². The molecule has 0 unspecified atom stereocenters. The molecule has 0 atom stereocenters. The molecule has 130 valence electrons. The van der Waals surface area contributed by atoms with E-state index in [0.717, 1.165) is 28.6 Å². The minimum Gasteiger partial charge on any atom is -0.476 e. The van der Waals surface area contributed by atoms with Gasteiger partial charge in [0.15, 0.2) is 0 Å². The Kier molecular flexibility index (Phi) is 5.88. The first-order chi connectivity index (χ1) is 11.0. The van der Waals surface area contributed by atoms with Crippen LogP contribution in [0.25, 0.3) is 10.9 Å². The first-order valence-corrected chi connectivity index (χ1v) is 8.83. The average Bonchev–Trinajstić information content (AvgIpc) is 3.03. The molecule has 3 aromatic rings. The van der Waals surface area contributed by atoms with Crippen LogP contribution < -0.4 is 4.74 Å². The summed E-state index contributed by atoms with van der Waals surface area (Å²) in [6.07, 6.45) is 1.84. The zero-order valence-corrected chi connectivity index (χ0v) is 16.4. The topological polar surface area (TPSA) is 39.9 Å². The van der Waals surface area contributed by atoms with Gasteiger partial charge in [0.25, 0.3) is 0 Å². The number of halogens is 1. The van der Waals surface area contributed by atoms with Crippen molar-refractivity contribution in [3.8, 4) is 5.88 Å². The zero-order chi connectivity index (χ0) is 16.6. The van der Waals surface area contributed by atoms with Gasteiger partial charge in [0.1, 0.15) is 5.52 Å². The van der Waals surface area contributed by atoms with Gasteiger partial charge < -0.3 is 9.30 Å². The third-order valence-corrected chi connectivity index (χ3v) is 4.87. The maximum atomic E-state index is 5.98. The predicted molar refractivity (Wildman–Crippen MR) is 103 cm³/mol. The number of hydrogen-bond acceptors (Lipinski definition) is 4. The zero-order valence-electron chi connectivity index (χ0n) is 14.8. The molecule has 0 spiro atoms. The number of rotatable bonds is 5. The quantitative estimate of drug-likeness (QED) is 0.644. The van der Waals surface area contributed by atoms with Gasteiger partial charge in [-0.3, -0.25) is 0 Å². The molecule has 3 aromatic heterocycles. The van der Waals surface area contributed by atoms with Crippen molar-refractivity contribution in [1.82, 2.24) is 14.5 Å². The summed E-state index contributed by atoms with van der Waals surface area (Å²) in [6, 6.07) is 2.07. The predicted octanol–water partition coefficient (Wildman–Crippen LogP) is 4.92. The number of aromatic nitrogens is 3. The van der Waals surface area contributed by atoms with Crippen LogP contribution in [0.4, 0.5) is 0 Å². The van der Waals surface area contributed by atoms with Gasteiger partial charge >= 0.3 is 0 Å². The molecule has 0 bridgehead atoms. The van der Waals surface area contributed by atoms with Crippen LogP contribution in [0.3, 0.4) is 0 Å². The van der Waals surface area contributed by atoms with Gasteiger partial charge in [-0.15, -0.1) is 23.7 Å². The second kappa shape index (κ2) is 7.53. The van der Waals surface area contributed by atoms with Crippen LogP contribution in [0.5, 0.6) is 5.88 Å². The molecule has 4 nitrogen and oxygen atoms in total. The van der Waals surface area contributed by atoms with E-state index in [9.17, 15) is 0 Å². The number of fused-ring (bicyclic) bond motifs is 1. The van der Waals surface area contributed by atoms with Crippen LogP contribution >= 0.6 is 23.7 Å². The molecule has 0 radical (unpaired) electrons. The Morgan fingerprint density at radius 2 is 2.00 bits per heavy atom. The number of aryl methyl sites for hydroxylation is 2. The number of thiazole rings is 1. The summed E-state index contributed by atoms with van der Waals surface area (Å²) in [4.78, 5) is 9.08. The van der Waals surface area contributed by atoms with Gasteiger partial charge in [-0.1, -0.05) is 13.8 Å². The van der Waals surface area contributed by atoms with Gasteiger partial charge in [0, 0.05) is 22.7 Å². The van der Waals surface area contributed by atoms with Crippen LogP contribution in [0, 0.1) is 26.7 Å². The third kappa shape index (κ3) is 3.57. The largest absolute Gasteiger partial charge is 0.476 e. The summed E-state index contributed by atoms with van der Waals surface area (Å²) < 4.78 is 8.26. The second-order valence-electron chi connectivity index (χ2n) is 6.37. The Morgan fingerprint density at radius 3 is 2.62 bits per heavy atom. The lowest BCUT2D eigenvalue weighted by molar-refractivity contribution is 0.263. The summed E-state index contributed by atoms with van der Waals surface area (Å²) in [6.45, 7) is 12.1. The maximum absolute atomic E-state index is 5.98. The maximum Gasteiger partial charge on any atom is 0.238 e. The molecule has 0 aromatic carbocycles. The molecule has 0 aliphatic rings. The van der Waals surface area contributed by atoms with E-state index in [0.29, 0.717) is 12.5 Å². The lowest BCUT2D eigenvalue weighted by atomic mass is 10.2. The normalized spacial score (nSPS) is 11.1. The van der Waals surface area contributed by atoms with Gasteiger partial charge in [-0.25, -0.2) is 9.97 Å². The Labute approximate surface area is 153 Å². The van der Waals surface area contributed by atoms with E-state index in [1.54, 1.807) is 11.3 Å². The van der Waals surface area contributed by atoms with E-state index in [-0.39, 0.29) is 12.4 Å². The Balaban J connectivity index is 0.00000208. The SMILES string of the molecule is Cc1nc(Cn2c(C)c(C)c3ccnc(OCC(C)C)c32)cs1.Cl. The molecular weight excluding hydrogens is 342 g/mol. The van der Waals surface area contributed by atoms with E-state index in [4.69, 9.17) is 4.74 Å². The van der Waals surface area contributed by atoms with Crippen LogP contribution in [-0.2, 0) is 6.54 Å². The standard InChI is InChI=1S/C18H23N3OS.ClH/c1-11(2)9-22-18-17-16(6-7-19-18)12(3)13(4)21(17)8-15-10-23-14(5)20-15;/h6-7,10-11H,8-9H2,1-5H3;1H. The second-order valence-corrected chi connectivity index (χ2v) is 7.43. The lowest BCUT2D eigenvalue weighted by Crippen LogP contribution is -2.08. The molecular formula is C18H24ClN3OS. The summed E-state index contributed by atoms with van der Waals surface area (Å²) >= 11 is 1.69. The first-order valence-electron chi connectivity index (χ1n) is 7.95. The van der Waals surface area contributed by atoms with Gasteiger partial charge in [-0.05, 0) is 38.3 Å². The Hall–Kier alpha value is -1.59. The molecule has 3 heterocycles. The number of ether oxygens (including phenoxy) is 1. The number of nitrogens with zero attached hydrogens (tertiary/aromatic N) is 3. The Bertz CT molecular complexity index is 838. The van der Waals surface area contributed by atoms with E-state index in [1.807, 2.05) is 13.1 Å². The lowest BCUT2D eigenvalue weighted by Gasteiger charge is -2.12. The van der Waals surface area contributed by atoms with Crippen molar-refractivity contribution < 1.29 is 4.74 Å². The number of pyridine rings is 1.